The van der Waals surface area contributed by atoms with Gasteiger partial charge in [0.1, 0.15) is 11.5 Å². The van der Waals surface area contributed by atoms with Gasteiger partial charge < -0.3 is 15.8 Å². The maximum Gasteiger partial charge on any atom is 0.273 e. The third-order valence-electron chi connectivity index (χ3n) is 2.48. The number of aromatic nitrogens is 1. The molecule has 0 atom stereocenters. The van der Waals surface area contributed by atoms with Crippen LogP contribution in [0.2, 0.25) is 0 Å². The van der Waals surface area contributed by atoms with Gasteiger partial charge in [0.05, 0.1) is 5.01 Å². The molecular weight excluding hydrogens is 264 g/mol. The summed E-state index contributed by atoms with van der Waals surface area (Å²) in [6.07, 6.45) is 0.345. The summed E-state index contributed by atoms with van der Waals surface area (Å²) in [6.45, 7) is 6.98. The highest BCUT2D eigenvalue weighted by Crippen LogP contribution is 2.12. The van der Waals surface area contributed by atoms with E-state index in [1.807, 2.05) is 20.8 Å². The van der Waals surface area contributed by atoms with Crippen LogP contribution in [0, 0.1) is 12.8 Å². The highest BCUT2D eigenvalue weighted by atomic mass is 32.1. The SMILES string of the molecule is Cc1nc(C(=O)N(CCC(N)=NO)CC(C)C)cs1. The van der Waals surface area contributed by atoms with Crippen molar-refractivity contribution in [3.63, 3.8) is 0 Å². The molecule has 1 aromatic rings. The van der Waals surface area contributed by atoms with Gasteiger partial charge in [-0.15, -0.1) is 11.3 Å². The zero-order valence-corrected chi connectivity index (χ0v) is 12.3. The largest absolute Gasteiger partial charge is 0.409 e. The number of nitrogens with two attached hydrogens (primary N) is 1. The Kier molecular flexibility index (Phi) is 5.75. The molecule has 106 valence electrons. The standard InChI is InChI=1S/C12H20N4O2S/c1-8(2)6-16(5-4-11(13)15-18)12(17)10-7-19-9(3)14-10/h7-8,18H,4-6H2,1-3H3,(H2,13,15). The summed E-state index contributed by atoms with van der Waals surface area (Å²) in [6, 6.07) is 0. The van der Waals surface area contributed by atoms with E-state index >= 15 is 0 Å². The van der Waals surface area contributed by atoms with Crippen LogP contribution in [0.1, 0.15) is 35.8 Å². The van der Waals surface area contributed by atoms with E-state index in [1.54, 1.807) is 10.3 Å². The molecule has 7 heteroatoms. The zero-order chi connectivity index (χ0) is 14.4. The van der Waals surface area contributed by atoms with Crippen molar-refractivity contribution in [2.45, 2.75) is 27.2 Å². The minimum Gasteiger partial charge on any atom is -0.409 e. The monoisotopic (exact) mass is 284 g/mol. The second-order valence-electron chi connectivity index (χ2n) is 4.74. The molecule has 1 aromatic heterocycles. The van der Waals surface area contributed by atoms with E-state index in [1.165, 1.54) is 11.3 Å². The number of oxime groups is 1. The molecule has 0 saturated carbocycles. The molecule has 1 rings (SSSR count). The number of carbonyl (C=O) groups excluding carboxylic acids is 1. The van der Waals surface area contributed by atoms with Gasteiger partial charge in [0.2, 0.25) is 0 Å². The minimum absolute atomic E-state index is 0.108. The predicted octanol–water partition coefficient (Wildman–Crippen LogP) is 1.69. The third-order valence-corrected chi connectivity index (χ3v) is 3.25. The molecule has 1 heterocycles. The van der Waals surface area contributed by atoms with Gasteiger partial charge in [-0.3, -0.25) is 4.79 Å². The van der Waals surface area contributed by atoms with Crippen molar-refractivity contribution in [3.8, 4) is 0 Å². The van der Waals surface area contributed by atoms with E-state index in [4.69, 9.17) is 10.9 Å². The van der Waals surface area contributed by atoms with Crippen LogP contribution in [-0.2, 0) is 0 Å². The van der Waals surface area contributed by atoms with Crippen molar-refractivity contribution in [1.82, 2.24) is 9.88 Å². The fraction of sp³-hybridized carbons (Fsp3) is 0.583. The molecule has 0 aliphatic carbocycles. The van der Waals surface area contributed by atoms with E-state index in [2.05, 4.69) is 10.1 Å². The van der Waals surface area contributed by atoms with E-state index in [0.717, 1.165) is 5.01 Å². The number of hydrogen-bond donors (Lipinski definition) is 2. The Hall–Kier alpha value is -1.63. The molecule has 0 saturated heterocycles. The Morgan fingerprint density at radius 3 is 2.79 bits per heavy atom. The van der Waals surface area contributed by atoms with E-state index in [0.29, 0.717) is 31.1 Å². The average Bonchev–Trinajstić information content (AvgIpc) is 2.79. The summed E-state index contributed by atoms with van der Waals surface area (Å²) in [5, 5.41) is 14.1. The smallest absolute Gasteiger partial charge is 0.273 e. The fourth-order valence-corrected chi connectivity index (χ4v) is 2.23. The number of thiazole rings is 1. The molecule has 0 aliphatic heterocycles. The van der Waals surface area contributed by atoms with Crippen molar-refractivity contribution in [2.24, 2.45) is 16.8 Å². The third kappa shape index (κ3) is 4.86. The molecule has 0 bridgehead atoms. The molecule has 6 nitrogen and oxygen atoms in total. The van der Waals surface area contributed by atoms with E-state index in [9.17, 15) is 4.79 Å². The zero-order valence-electron chi connectivity index (χ0n) is 11.5. The number of carbonyl (C=O) groups is 1. The molecule has 0 aliphatic rings. The van der Waals surface area contributed by atoms with Gasteiger partial charge in [-0.25, -0.2) is 4.98 Å². The summed E-state index contributed by atoms with van der Waals surface area (Å²) >= 11 is 1.45. The second-order valence-corrected chi connectivity index (χ2v) is 5.80. The number of amidine groups is 1. The summed E-state index contributed by atoms with van der Waals surface area (Å²) in [7, 11) is 0. The van der Waals surface area contributed by atoms with Gasteiger partial charge in [-0.05, 0) is 12.8 Å². The first-order valence-corrected chi connectivity index (χ1v) is 6.99. The average molecular weight is 284 g/mol. The molecule has 19 heavy (non-hydrogen) atoms. The first-order chi connectivity index (χ1) is 8.93. The maximum absolute atomic E-state index is 12.3. The van der Waals surface area contributed by atoms with E-state index < -0.39 is 0 Å². The van der Waals surface area contributed by atoms with Crippen LogP contribution in [0.25, 0.3) is 0 Å². The van der Waals surface area contributed by atoms with Crippen LogP contribution in [0.4, 0.5) is 0 Å². The van der Waals surface area contributed by atoms with Crippen LogP contribution < -0.4 is 5.73 Å². The quantitative estimate of drug-likeness (QED) is 0.360. The lowest BCUT2D eigenvalue weighted by Gasteiger charge is -2.23. The second kappa shape index (κ2) is 7.08. The topological polar surface area (TPSA) is 91.8 Å². The van der Waals surface area contributed by atoms with Crippen LogP contribution >= 0.6 is 11.3 Å². The molecular formula is C12H20N4O2S. The summed E-state index contributed by atoms with van der Waals surface area (Å²) in [5.74, 6) is 0.357. The Labute approximate surface area is 116 Å². The van der Waals surface area contributed by atoms with Crippen LogP contribution in [0.3, 0.4) is 0 Å². The maximum atomic E-state index is 12.3. The first kappa shape index (κ1) is 15.4. The fourth-order valence-electron chi connectivity index (χ4n) is 1.64. The van der Waals surface area contributed by atoms with Crippen LogP contribution in [-0.4, -0.2) is 39.9 Å². The normalized spacial score (nSPS) is 11.9. The van der Waals surface area contributed by atoms with Crippen molar-refractivity contribution < 1.29 is 10.0 Å². The summed E-state index contributed by atoms with van der Waals surface area (Å²) < 4.78 is 0. The molecule has 0 radical (unpaired) electrons. The molecule has 0 aromatic carbocycles. The Morgan fingerprint density at radius 2 is 2.32 bits per heavy atom. The number of rotatable bonds is 6. The number of nitrogens with zero attached hydrogens (tertiary/aromatic N) is 3. The Bertz CT molecular complexity index is 456. The minimum atomic E-state index is -0.108. The highest BCUT2D eigenvalue weighted by molar-refractivity contribution is 7.09. The lowest BCUT2D eigenvalue weighted by molar-refractivity contribution is 0.0735. The van der Waals surface area contributed by atoms with Gasteiger partial charge in [0, 0.05) is 24.9 Å². The molecule has 0 spiro atoms. The first-order valence-electron chi connectivity index (χ1n) is 6.11. The Morgan fingerprint density at radius 1 is 1.63 bits per heavy atom. The van der Waals surface area contributed by atoms with Crippen molar-refractivity contribution in [2.75, 3.05) is 13.1 Å². The van der Waals surface area contributed by atoms with Crippen molar-refractivity contribution in [1.29, 1.82) is 0 Å². The van der Waals surface area contributed by atoms with Crippen molar-refractivity contribution >= 4 is 23.1 Å². The van der Waals surface area contributed by atoms with Gasteiger partial charge in [0.15, 0.2) is 0 Å². The number of amides is 1. The lowest BCUT2D eigenvalue weighted by atomic mass is 10.2. The molecule has 0 fully saturated rings. The number of hydrogen-bond acceptors (Lipinski definition) is 5. The molecule has 1 amide bonds. The summed E-state index contributed by atoms with van der Waals surface area (Å²) in [5.41, 5.74) is 5.90. The summed E-state index contributed by atoms with van der Waals surface area (Å²) in [4.78, 5) is 18.2. The Balaban J connectivity index is 2.75. The number of aryl methyl sites for hydroxylation is 1. The van der Waals surface area contributed by atoms with Crippen molar-refractivity contribution in [3.05, 3.63) is 16.1 Å². The van der Waals surface area contributed by atoms with Crippen LogP contribution in [0.15, 0.2) is 10.5 Å². The van der Waals surface area contributed by atoms with Gasteiger partial charge in [0.25, 0.3) is 5.91 Å². The van der Waals surface area contributed by atoms with Crippen LogP contribution in [0.5, 0.6) is 0 Å². The molecule has 3 N–H and O–H groups in total. The van der Waals surface area contributed by atoms with Gasteiger partial charge in [-0.2, -0.15) is 0 Å². The van der Waals surface area contributed by atoms with Gasteiger partial charge in [-0.1, -0.05) is 19.0 Å². The molecule has 0 unspecified atom stereocenters. The highest BCUT2D eigenvalue weighted by Gasteiger charge is 2.19. The predicted molar refractivity (Wildman–Crippen MR) is 75.6 cm³/mol. The van der Waals surface area contributed by atoms with Gasteiger partial charge >= 0.3 is 0 Å². The lowest BCUT2D eigenvalue weighted by Crippen LogP contribution is -2.37. The van der Waals surface area contributed by atoms with E-state index in [-0.39, 0.29) is 11.7 Å².